The molecule has 0 heterocycles. The molecular weight excluding hydrogens is 238 g/mol. The zero-order valence-corrected chi connectivity index (χ0v) is 11.3. The van der Waals surface area contributed by atoms with E-state index in [0.29, 0.717) is 13.0 Å². The van der Waals surface area contributed by atoms with E-state index in [1.54, 1.807) is 0 Å². The fourth-order valence-electron chi connectivity index (χ4n) is 2.02. The number of nitrogens with one attached hydrogen (secondary N) is 1. The Balaban J connectivity index is 2.17. The summed E-state index contributed by atoms with van der Waals surface area (Å²) in [7, 11) is 0. The van der Waals surface area contributed by atoms with Crippen LogP contribution in [0.4, 0.5) is 0 Å². The summed E-state index contributed by atoms with van der Waals surface area (Å²) in [5.74, 6) is 0.676. The Morgan fingerprint density at radius 1 is 1.16 bits per heavy atom. The number of benzene rings is 2. The molecule has 0 radical (unpaired) electrons. The average Bonchev–Trinajstić information content (AvgIpc) is 2.44. The second kappa shape index (κ2) is 6.23. The molecule has 0 aliphatic rings. The van der Waals surface area contributed by atoms with Gasteiger partial charge in [0.2, 0.25) is 0 Å². The standard InChI is InChI=1S/C16H19NO2/c1-3-15(16(18)17-4-2)19-14-10-9-12-7-5-6-8-13(12)11-14/h5-11,15H,3-4H2,1-2H3,(H,17,18). The Labute approximate surface area is 113 Å². The van der Waals surface area contributed by atoms with Crippen LogP contribution >= 0.6 is 0 Å². The molecule has 3 nitrogen and oxygen atoms in total. The summed E-state index contributed by atoms with van der Waals surface area (Å²) in [5, 5.41) is 5.07. The van der Waals surface area contributed by atoms with Crippen LogP contribution in [0.15, 0.2) is 42.5 Å². The van der Waals surface area contributed by atoms with E-state index in [9.17, 15) is 4.79 Å². The van der Waals surface area contributed by atoms with E-state index in [-0.39, 0.29) is 5.91 Å². The van der Waals surface area contributed by atoms with Gasteiger partial charge in [-0.3, -0.25) is 4.79 Å². The summed E-state index contributed by atoms with van der Waals surface area (Å²) in [6.45, 7) is 4.47. The molecule has 1 atom stereocenters. The number of ether oxygens (including phenoxy) is 1. The molecular formula is C16H19NO2. The van der Waals surface area contributed by atoms with Crippen LogP contribution in [0.25, 0.3) is 10.8 Å². The van der Waals surface area contributed by atoms with E-state index in [1.165, 1.54) is 5.39 Å². The predicted molar refractivity (Wildman–Crippen MR) is 77.3 cm³/mol. The molecule has 3 heteroatoms. The summed E-state index contributed by atoms with van der Waals surface area (Å²) in [5.41, 5.74) is 0. The maximum absolute atomic E-state index is 11.8. The number of rotatable bonds is 5. The van der Waals surface area contributed by atoms with Crippen LogP contribution in [-0.4, -0.2) is 18.6 Å². The maximum atomic E-state index is 11.8. The Bertz CT molecular complexity index is 565. The number of fused-ring (bicyclic) bond motifs is 1. The van der Waals surface area contributed by atoms with Gasteiger partial charge in [0.15, 0.2) is 6.10 Å². The molecule has 0 saturated heterocycles. The summed E-state index contributed by atoms with van der Waals surface area (Å²) in [6, 6.07) is 14.0. The van der Waals surface area contributed by atoms with Crippen molar-refractivity contribution >= 4 is 16.7 Å². The summed E-state index contributed by atoms with van der Waals surface area (Å²) >= 11 is 0. The van der Waals surface area contributed by atoms with Crippen molar-refractivity contribution in [3.8, 4) is 5.75 Å². The first-order chi connectivity index (χ1) is 9.24. The topological polar surface area (TPSA) is 38.3 Å². The molecule has 2 aromatic carbocycles. The maximum Gasteiger partial charge on any atom is 0.261 e. The number of likely N-dealkylation sites (N-methyl/N-ethyl adjacent to an activating group) is 1. The third-order valence-corrected chi connectivity index (χ3v) is 3.01. The van der Waals surface area contributed by atoms with Gasteiger partial charge in [-0.2, -0.15) is 0 Å². The molecule has 0 aliphatic heterocycles. The van der Waals surface area contributed by atoms with Gasteiger partial charge in [0, 0.05) is 6.54 Å². The largest absolute Gasteiger partial charge is 0.481 e. The van der Waals surface area contributed by atoms with Crippen molar-refractivity contribution < 1.29 is 9.53 Å². The van der Waals surface area contributed by atoms with Crippen molar-refractivity contribution in [2.45, 2.75) is 26.4 Å². The summed E-state index contributed by atoms with van der Waals surface area (Å²) in [6.07, 6.45) is 0.222. The third kappa shape index (κ3) is 3.25. The van der Waals surface area contributed by atoms with E-state index < -0.39 is 6.10 Å². The molecule has 0 saturated carbocycles. The molecule has 1 N–H and O–H groups in total. The quantitative estimate of drug-likeness (QED) is 0.893. The minimum absolute atomic E-state index is 0.0573. The highest BCUT2D eigenvalue weighted by molar-refractivity contribution is 5.84. The van der Waals surface area contributed by atoms with E-state index in [0.717, 1.165) is 11.1 Å². The van der Waals surface area contributed by atoms with Crippen LogP contribution in [0.3, 0.4) is 0 Å². The molecule has 19 heavy (non-hydrogen) atoms. The molecule has 1 amide bonds. The predicted octanol–water partition coefficient (Wildman–Crippen LogP) is 3.13. The lowest BCUT2D eigenvalue weighted by Crippen LogP contribution is -2.37. The van der Waals surface area contributed by atoms with Crippen molar-refractivity contribution in [1.82, 2.24) is 5.32 Å². The fourth-order valence-corrected chi connectivity index (χ4v) is 2.02. The van der Waals surface area contributed by atoms with Gasteiger partial charge in [0.25, 0.3) is 5.91 Å². The minimum atomic E-state index is -0.430. The monoisotopic (exact) mass is 257 g/mol. The minimum Gasteiger partial charge on any atom is -0.481 e. The van der Waals surface area contributed by atoms with Gasteiger partial charge in [0.05, 0.1) is 0 Å². The second-order valence-corrected chi connectivity index (χ2v) is 4.42. The first-order valence-electron chi connectivity index (χ1n) is 6.67. The number of amides is 1. The van der Waals surface area contributed by atoms with Gasteiger partial charge in [-0.15, -0.1) is 0 Å². The Morgan fingerprint density at radius 3 is 2.58 bits per heavy atom. The van der Waals surface area contributed by atoms with Crippen molar-refractivity contribution in [1.29, 1.82) is 0 Å². The Hall–Kier alpha value is -2.03. The number of carbonyl (C=O) groups excluding carboxylic acids is 1. The van der Waals surface area contributed by atoms with E-state index in [4.69, 9.17) is 4.74 Å². The first-order valence-corrected chi connectivity index (χ1v) is 6.67. The Kier molecular flexibility index (Phi) is 4.39. The first kappa shape index (κ1) is 13.4. The molecule has 100 valence electrons. The van der Waals surface area contributed by atoms with Gasteiger partial charge in [-0.1, -0.05) is 37.3 Å². The van der Waals surface area contributed by atoms with Crippen LogP contribution in [0.1, 0.15) is 20.3 Å². The zero-order valence-electron chi connectivity index (χ0n) is 11.3. The molecule has 2 aromatic rings. The fraction of sp³-hybridized carbons (Fsp3) is 0.312. The molecule has 0 bridgehead atoms. The van der Waals surface area contributed by atoms with Crippen molar-refractivity contribution in [2.24, 2.45) is 0 Å². The van der Waals surface area contributed by atoms with E-state index in [2.05, 4.69) is 11.4 Å². The average molecular weight is 257 g/mol. The molecule has 0 aliphatic carbocycles. The highest BCUT2D eigenvalue weighted by atomic mass is 16.5. The summed E-state index contributed by atoms with van der Waals surface area (Å²) in [4.78, 5) is 11.8. The molecule has 2 rings (SSSR count). The SMILES string of the molecule is CCNC(=O)C(CC)Oc1ccc2ccccc2c1. The van der Waals surface area contributed by atoms with Gasteiger partial charge < -0.3 is 10.1 Å². The van der Waals surface area contributed by atoms with Crippen LogP contribution in [0.5, 0.6) is 5.75 Å². The zero-order chi connectivity index (χ0) is 13.7. The Morgan fingerprint density at radius 2 is 1.89 bits per heavy atom. The molecule has 0 spiro atoms. The molecule has 0 aromatic heterocycles. The van der Waals surface area contributed by atoms with Crippen molar-refractivity contribution in [2.75, 3.05) is 6.54 Å². The van der Waals surface area contributed by atoms with Crippen LogP contribution in [-0.2, 0) is 4.79 Å². The highest BCUT2D eigenvalue weighted by Gasteiger charge is 2.17. The van der Waals surface area contributed by atoms with Gasteiger partial charge in [0.1, 0.15) is 5.75 Å². The van der Waals surface area contributed by atoms with Gasteiger partial charge in [-0.05, 0) is 36.2 Å². The van der Waals surface area contributed by atoms with Gasteiger partial charge >= 0.3 is 0 Å². The third-order valence-electron chi connectivity index (χ3n) is 3.01. The molecule has 0 fully saturated rings. The van der Waals surface area contributed by atoms with Crippen LogP contribution in [0, 0.1) is 0 Å². The van der Waals surface area contributed by atoms with Crippen LogP contribution < -0.4 is 10.1 Å². The van der Waals surface area contributed by atoms with E-state index >= 15 is 0 Å². The lowest BCUT2D eigenvalue weighted by atomic mass is 10.1. The lowest BCUT2D eigenvalue weighted by molar-refractivity contribution is -0.128. The van der Waals surface area contributed by atoms with E-state index in [1.807, 2.05) is 50.2 Å². The summed E-state index contributed by atoms with van der Waals surface area (Å²) < 4.78 is 5.77. The smallest absolute Gasteiger partial charge is 0.261 e. The van der Waals surface area contributed by atoms with Gasteiger partial charge in [-0.25, -0.2) is 0 Å². The van der Waals surface area contributed by atoms with Crippen molar-refractivity contribution in [3.63, 3.8) is 0 Å². The normalized spacial score (nSPS) is 12.1. The molecule has 1 unspecified atom stereocenters. The van der Waals surface area contributed by atoms with Crippen LogP contribution in [0.2, 0.25) is 0 Å². The number of carbonyl (C=O) groups is 1. The second-order valence-electron chi connectivity index (χ2n) is 4.42. The lowest BCUT2D eigenvalue weighted by Gasteiger charge is -2.17. The number of hydrogen-bond acceptors (Lipinski definition) is 2. The number of hydrogen-bond donors (Lipinski definition) is 1. The van der Waals surface area contributed by atoms with Crippen molar-refractivity contribution in [3.05, 3.63) is 42.5 Å². The highest BCUT2D eigenvalue weighted by Crippen LogP contribution is 2.21.